The zero-order chi connectivity index (χ0) is 5.54. The maximum atomic E-state index is 11.1. The zero-order valence-corrected chi connectivity index (χ0v) is 3.99. The fraction of sp³-hybridized carbons (Fsp3) is 1.00. The van der Waals surface area contributed by atoms with Crippen molar-refractivity contribution in [3.8, 4) is 0 Å². The van der Waals surface area contributed by atoms with Gasteiger partial charge in [-0.05, 0) is 6.42 Å². The van der Waals surface area contributed by atoms with Crippen LogP contribution in [0, 0.1) is 0 Å². The predicted molar refractivity (Wildman–Crippen MR) is 22.5 cm³/mol. The van der Waals surface area contributed by atoms with Gasteiger partial charge in [0.25, 0.3) is 0 Å². The highest BCUT2D eigenvalue weighted by molar-refractivity contribution is 4.27. The van der Waals surface area contributed by atoms with Crippen LogP contribution in [0.3, 0.4) is 0 Å². The minimum atomic E-state index is -0.806. The molecular weight excluding hydrogens is 102 g/mol. The number of alkyl halides is 2. The average molecular weight is 110 g/mol. The van der Waals surface area contributed by atoms with Crippen LogP contribution in [0.15, 0.2) is 0 Å². The van der Waals surface area contributed by atoms with E-state index < -0.39 is 13.5 Å². The lowest BCUT2D eigenvalue weighted by atomic mass is 10.5. The van der Waals surface area contributed by atoms with Gasteiger partial charge in [-0.2, -0.15) is 0 Å². The second-order valence-electron chi connectivity index (χ2n) is 1.06. The summed E-state index contributed by atoms with van der Waals surface area (Å²) in [6, 6.07) is 0. The van der Waals surface area contributed by atoms with Crippen molar-refractivity contribution < 1.29 is 13.5 Å². The largest absolute Gasteiger partial charge is 0.350 e. The molecule has 1 nitrogen and oxygen atoms in total. The zero-order valence-electron chi connectivity index (χ0n) is 3.99. The van der Waals surface area contributed by atoms with E-state index >= 15 is 0 Å². The van der Waals surface area contributed by atoms with Crippen molar-refractivity contribution in [3.05, 3.63) is 0 Å². The molecule has 0 aliphatic heterocycles. The molecule has 0 bridgehead atoms. The highest BCUT2D eigenvalue weighted by Crippen LogP contribution is 1.82. The Labute approximate surface area is 41.3 Å². The summed E-state index contributed by atoms with van der Waals surface area (Å²) in [6.07, 6.45) is 0.296. The molecule has 0 aromatic rings. The van der Waals surface area contributed by atoms with E-state index in [9.17, 15) is 8.78 Å². The maximum Gasteiger partial charge on any atom is 0.188 e. The number of halogens is 2. The fourth-order valence-electron chi connectivity index (χ4n) is 0.211. The standard InChI is InChI=1S/C4H8F2O/c5-2-1-3-7-4-6/h1-4H2. The monoisotopic (exact) mass is 110 g/mol. The summed E-state index contributed by atoms with van der Waals surface area (Å²) in [6.45, 7) is -1.05. The molecule has 0 unspecified atom stereocenters. The Bertz CT molecular complexity index is 28.9. The summed E-state index contributed by atoms with van der Waals surface area (Å²) in [5.74, 6) is 0. The smallest absolute Gasteiger partial charge is 0.188 e. The Hall–Kier alpha value is -0.180. The van der Waals surface area contributed by atoms with Crippen molar-refractivity contribution in [1.82, 2.24) is 0 Å². The highest BCUT2D eigenvalue weighted by atomic mass is 19.1. The van der Waals surface area contributed by atoms with Crippen LogP contribution in [0.4, 0.5) is 8.78 Å². The van der Waals surface area contributed by atoms with E-state index in [2.05, 4.69) is 4.74 Å². The summed E-state index contributed by atoms with van der Waals surface area (Å²) in [7, 11) is 0. The Morgan fingerprint density at radius 3 is 2.43 bits per heavy atom. The molecule has 0 aliphatic carbocycles. The number of rotatable bonds is 4. The molecule has 44 valence electrons. The lowest BCUT2D eigenvalue weighted by Crippen LogP contribution is -1.92. The topological polar surface area (TPSA) is 9.23 Å². The van der Waals surface area contributed by atoms with Gasteiger partial charge >= 0.3 is 0 Å². The van der Waals surface area contributed by atoms with Crippen LogP contribution in [0.2, 0.25) is 0 Å². The first-order chi connectivity index (χ1) is 3.41. The molecule has 0 spiro atoms. The fourth-order valence-corrected chi connectivity index (χ4v) is 0.211. The number of ether oxygens (including phenoxy) is 1. The molecule has 7 heavy (non-hydrogen) atoms. The highest BCUT2D eigenvalue weighted by Gasteiger charge is 1.82. The Kier molecular flexibility index (Phi) is 5.67. The van der Waals surface area contributed by atoms with Gasteiger partial charge in [0, 0.05) is 0 Å². The lowest BCUT2D eigenvalue weighted by molar-refractivity contribution is 0.0538. The third-order valence-electron chi connectivity index (χ3n) is 0.499. The first-order valence-corrected chi connectivity index (χ1v) is 2.11. The lowest BCUT2D eigenvalue weighted by Gasteiger charge is -1.91. The molecule has 0 saturated carbocycles. The predicted octanol–water partition coefficient (Wildman–Crippen LogP) is 1.29. The molecule has 0 N–H and O–H groups in total. The molecule has 0 aromatic heterocycles. The van der Waals surface area contributed by atoms with Crippen molar-refractivity contribution in [3.63, 3.8) is 0 Å². The molecule has 0 aromatic carbocycles. The van der Waals surface area contributed by atoms with Crippen LogP contribution >= 0.6 is 0 Å². The summed E-state index contributed by atoms with van der Waals surface area (Å²) in [4.78, 5) is 0. The molecule has 0 rings (SSSR count). The van der Waals surface area contributed by atoms with Gasteiger partial charge in [0.1, 0.15) is 0 Å². The van der Waals surface area contributed by atoms with Gasteiger partial charge < -0.3 is 4.74 Å². The van der Waals surface area contributed by atoms with Crippen molar-refractivity contribution in [2.24, 2.45) is 0 Å². The quantitative estimate of drug-likeness (QED) is 0.495. The second-order valence-corrected chi connectivity index (χ2v) is 1.06. The Morgan fingerprint density at radius 1 is 1.29 bits per heavy atom. The second kappa shape index (κ2) is 5.82. The van der Waals surface area contributed by atoms with E-state index in [1.807, 2.05) is 0 Å². The number of hydrogen-bond donors (Lipinski definition) is 0. The molecule has 0 heterocycles. The van der Waals surface area contributed by atoms with Crippen molar-refractivity contribution in [1.29, 1.82) is 0 Å². The Morgan fingerprint density at radius 2 is 2.00 bits per heavy atom. The maximum absolute atomic E-state index is 11.1. The van der Waals surface area contributed by atoms with Gasteiger partial charge in [0.2, 0.25) is 0 Å². The third kappa shape index (κ3) is 5.82. The average Bonchev–Trinajstić information content (AvgIpc) is 1.69. The first kappa shape index (κ1) is 6.82. The van der Waals surface area contributed by atoms with E-state index in [0.717, 1.165) is 0 Å². The van der Waals surface area contributed by atoms with E-state index in [-0.39, 0.29) is 6.61 Å². The van der Waals surface area contributed by atoms with Gasteiger partial charge in [-0.25, -0.2) is 4.39 Å². The Balaban J connectivity index is 2.45. The van der Waals surface area contributed by atoms with Crippen LogP contribution in [0.5, 0.6) is 0 Å². The summed E-state index contributed by atoms with van der Waals surface area (Å²) < 4.78 is 26.3. The molecule has 3 heteroatoms. The SMILES string of the molecule is FCCCOCF. The van der Waals surface area contributed by atoms with Crippen LogP contribution in [-0.2, 0) is 4.74 Å². The van der Waals surface area contributed by atoms with E-state index in [1.165, 1.54) is 0 Å². The summed E-state index contributed by atoms with van der Waals surface area (Å²) in [5, 5.41) is 0. The normalized spacial score (nSPS) is 9.43. The van der Waals surface area contributed by atoms with Crippen LogP contribution in [0.25, 0.3) is 0 Å². The number of hydrogen-bond acceptors (Lipinski definition) is 1. The van der Waals surface area contributed by atoms with Crippen molar-refractivity contribution >= 4 is 0 Å². The van der Waals surface area contributed by atoms with Gasteiger partial charge in [0.15, 0.2) is 6.86 Å². The molecule has 0 radical (unpaired) electrons. The van der Waals surface area contributed by atoms with Gasteiger partial charge in [0.05, 0.1) is 13.3 Å². The van der Waals surface area contributed by atoms with Crippen LogP contribution in [0.1, 0.15) is 6.42 Å². The molecule has 0 atom stereocenters. The van der Waals surface area contributed by atoms with Crippen molar-refractivity contribution in [2.75, 3.05) is 20.1 Å². The molecule has 0 saturated heterocycles. The summed E-state index contributed by atoms with van der Waals surface area (Å²) in [5.41, 5.74) is 0. The van der Waals surface area contributed by atoms with Crippen LogP contribution < -0.4 is 0 Å². The van der Waals surface area contributed by atoms with Gasteiger partial charge in [-0.3, -0.25) is 4.39 Å². The first-order valence-electron chi connectivity index (χ1n) is 2.11. The van der Waals surface area contributed by atoms with E-state index in [4.69, 9.17) is 0 Å². The molecule has 0 aliphatic rings. The van der Waals surface area contributed by atoms with Gasteiger partial charge in [-0.1, -0.05) is 0 Å². The molecule has 0 amide bonds. The van der Waals surface area contributed by atoms with E-state index in [0.29, 0.717) is 6.42 Å². The molecule has 0 fully saturated rings. The summed E-state index contributed by atoms with van der Waals surface area (Å²) >= 11 is 0. The van der Waals surface area contributed by atoms with E-state index in [1.54, 1.807) is 0 Å². The van der Waals surface area contributed by atoms with Crippen molar-refractivity contribution in [2.45, 2.75) is 6.42 Å². The minimum absolute atomic E-state index is 0.188. The third-order valence-corrected chi connectivity index (χ3v) is 0.499. The molecular formula is C4H8F2O. The van der Waals surface area contributed by atoms with Gasteiger partial charge in [-0.15, -0.1) is 0 Å². The van der Waals surface area contributed by atoms with Crippen LogP contribution in [-0.4, -0.2) is 20.1 Å². The minimum Gasteiger partial charge on any atom is -0.350 e.